The summed E-state index contributed by atoms with van der Waals surface area (Å²) in [6, 6.07) is 17.6. The van der Waals surface area contributed by atoms with Gasteiger partial charge in [0, 0.05) is 22.9 Å². The number of benzene rings is 3. The number of halogens is 1. The fourth-order valence-corrected chi connectivity index (χ4v) is 3.16. The number of nitro benzene ring substituents is 1. The van der Waals surface area contributed by atoms with Gasteiger partial charge in [0.05, 0.1) is 10.5 Å². The number of amides is 1. The Labute approximate surface area is 172 Å². The lowest BCUT2D eigenvalue weighted by Gasteiger charge is -2.12. The van der Waals surface area contributed by atoms with E-state index in [2.05, 4.69) is 5.32 Å². The van der Waals surface area contributed by atoms with Gasteiger partial charge in [0.2, 0.25) is 0 Å². The number of carbonyl (C=O) groups is 2. The number of ketones is 1. The number of hydrogen-bond donors (Lipinski definition) is 1. The predicted molar refractivity (Wildman–Crippen MR) is 112 cm³/mol. The van der Waals surface area contributed by atoms with Crippen LogP contribution in [0.5, 0.6) is 0 Å². The van der Waals surface area contributed by atoms with Crippen molar-refractivity contribution in [2.75, 3.05) is 5.32 Å². The van der Waals surface area contributed by atoms with Gasteiger partial charge in [0.25, 0.3) is 11.6 Å². The number of para-hydroxylation sites is 1. The SMILES string of the molecule is CCc1ccccc1NC(=O)c1ccccc1C(=O)c1ccc(Cl)c([N+](=O)[O-])c1. The minimum atomic E-state index is -0.653. The Balaban J connectivity index is 1.97. The van der Waals surface area contributed by atoms with E-state index >= 15 is 0 Å². The minimum Gasteiger partial charge on any atom is -0.322 e. The lowest BCUT2D eigenvalue weighted by Crippen LogP contribution is -2.17. The fourth-order valence-electron chi connectivity index (χ4n) is 2.97. The van der Waals surface area contributed by atoms with Gasteiger partial charge in [-0.2, -0.15) is 0 Å². The Kier molecular flexibility index (Phi) is 6.04. The number of hydrogen-bond acceptors (Lipinski definition) is 4. The Hall–Kier alpha value is -3.51. The summed E-state index contributed by atoms with van der Waals surface area (Å²) in [4.78, 5) is 36.3. The molecule has 0 radical (unpaired) electrons. The first-order valence-electron chi connectivity index (χ1n) is 8.89. The summed E-state index contributed by atoms with van der Waals surface area (Å²) in [5.74, 6) is -0.933. The second kappa shape index (κ2) is 8.67. The van der Waals surface area contributed by atoms with Crippen LogP contribution in [0, 0.1) is 10.1 Å². The molecule has 0 saturated heterocycles. The fraction of sp³-hybridized carbons (Fsp3) is 0.0909. The normalized spacial score (nSPS) is 10.4. The maximum Gasteiger partial charge on any atom is 0.288 e. The van der Waals surface area contributed by atoms with Crippen LogP contribution in [-0.2, 0) is 6.42 Å². The van der Waals surface area contributed by atoms with Crippen LogP contribution in [0.4, 0.5) is 11.4 Å². The summed E-state index contributed by atoms with van der Waals surface area (Å²) in [5, 5.41) is 13.9. The lowest BCUT2D eigenvalue weighted by molar-refractivity contribution is -0.384. The summed E-state index contributed by atoms with van der Waals surface area (Å²) < 4.78 is 0. The molecular weight excluding hydrogens is 392 g/mol. The standard InChI is InChI=1S/C22H17ClN2O4/c1-2-14-7-3-6-10-19(14)24-22(27)17-9-5-4-8-16(17)21(26)15-11-12-18(23)20(13-15)25(28)29/h3-13H,2H2,1H3,(H,24,27). The molecule has 0 fully saturated rings. The van der Waals surface area contributed by atoms with Crippen molar-refractivity contribution in [3.63, 3.8) is 0 Å². The maximum absolute atomic E-state index is 13.0. The monoisotopic (exact) mass is 408 g/mol. The van der Waals surface area contributed by atoms with E-state index in [1.807, 2.05) is 25.1 Å². The van der Waals surface area contributed by atoms with Gasteiger partial charge in [0.15, 0.2) is 5.78 Å². The molecule has 7 heteroatoms. The largest absolute Gasteiger partial charge is 0.322 e. The first-order chi connectivity index (χ1) is 13.9. The number of carbonyl (C=O) groups excluding carboxylic acids is 2. The van der Waals surface area contributed by atoms with Crippen LogP contribution in [0.25, 0.3) is 0 Å². The van der Waals surface area contributed by atoms with Crippen molar-refractivity contribution in [3.8, 4) is 0 Å². The van der Waals surface area contributed by atoms with E-state index in [0.29, 0.717) is 5.69 Å². The number of rotatable bonds is 6. The second-order valence-electron chi connectivity index (χ2n) is 6.26. The minimum absolute atomic E-state index is 0.0613. The third-order valence-corrected chi connectivity index (χ3v) is 4.79. The zero-order valence-electron chi connectivity index (χ0n) is 15.5. The second-order valence-corrected chi connectivity index (χ2v) is 6.67. The van der Waals surface area contributed by atoms with Crippen molar-refractivity contribution >= 4 is 34.7 Å². The Morgan fingerprint density at radius 2 is 1.66 bits per heavy atom. The number of nitrogens with one attached hydrogen (secondary N) is 1. The molecule has 0 aromatic heterocycles. The van der Waals surface area contributed by atoms with Crippen molar-refractivity contribution in [1.29, 1.82) is 0 Å². The summed E-state index contributed by atoms with van der Waals surface area (Å²) in [7, 11) is 0. The van der Waals surface area contributed by atoms with Gasteiger partial charge < -0.3 is 5.32 Å². The van der Waals surface area contributed by atoms with Crippen molar-refractivity contribution in [1.82, 2.24) is 0 Å². The molecule has 0 heterocycles. The molecule has 0 aliphatic carbocycles. The lowest BCUT2D eigenvalue weighted by atomic mass is 9.97. The van der Waals surface area contributed by atoms with Crippen molar-refractivity contribution in [2.24, 2.45) is 0 Å². The molecule has 0 bridgehead atoms. The average molecular weight is 409 g/mol. The predicted octanol–water partition coefficient (Wildman–Crippen LogP) is 5.29. The molecule has 0 unspecified atom stereocenters. The van der Waals surface area contributed by atoms with E-state index in [1.165, 1.54) is 18.2 Å². The highest BCUT2D eigenvalue weighted by Gasteiger charge is 2.21. The summed E-state index contributed by atoms with van der Waals surface area (Å²) in [5.41, 5.74) is 1.69. The van der Waals surface area contributed by atoms with Crippen molar-refractivity contribution < 1.29 is 14.5 Å². The molecule has 0 saturated carbocycles. The number of nitrogens with zero attached hydrogens (tertiary/aromatic N) is 1. The molecule has 1 amide bonds. The van der Waals surface area contributed by atoms with Crippen LogP contribution >= 0.6 is 11.6 Å². The van der Waals surface area contributed by atoms with Gasteiger partial charge in [0.1, 0.15) is 5.02 Å². The zero-order chi connectivity index (χ0) is 21.0. The van der Waals surface area contributed by atoms with E-state index < -0.39 is 16.6 Å². The molecule has 146 valence electrons. The summed E-state index contributed by atoms with van der Waals surface area (Å²) in [6.07, 6.45) is 0.742. The van der Waals surface area contributed by atoms with Crippen LogP contribution in [0.2, 0.25) is 5.02 Å². The van der Waals surface area contributed by atoms with Gasteiger partial charge in [-0.3, -0.25) is 19.7 Å². The number of nitro groups is 1. The molecule has 3 rings (SSSR count). The Morgan fingerprint density at radius 1 is 1.00 bits per heavy atom. The quantitative estimate of drug-likeness (QED) is 0.340. The van der Waals surface area contributed by atoms with Crippen LogP contribution in [0.15, 0.2) is 66.7 Å². The van der Waals surface area contributed by atoms with Crippen LogP contribution in [-0.4, -0.2) is 16.6 Å². The van der Waals surface area contributed by atoms with Crippen LogP contribution in [0.1, 0.15) is 38.8 Å². The molecule has 0 atom stereocenters. The highest BCUT2D eigenvalue weighted by molar-refractivity contribution is 6.33. The smallest absolute Gasteiger partial charge is 0.288 e. The number of aryl methyl sites for hydroxylation is 1. The third kappa shape index (κ3) is 4.33. The van der Waals surface area contributed by atoms with Gasteiger partial charge in [-0.1, -0.05) is 54.9 Å². The van der Waals surface area contributed by atoms with Gasteiger partial charge in [-0.25, -0.2) is 0 Å². The molecule has 3 aromatic rings. The average Bonchev–Trinajstić information content (AvgIpc) is 2.73. The van der Waals surface area contributed by atoms with Crippen LogP contribution in [0.3, 0.4) is 0 Å². The molecule has 0 aliphatic heterocycles. The Bertz CT molecular complexity index is 1110. The van der Waals surface area contributed by atoms with E-state index in [1.54, 1.807) is 24.3 Å². The summed E-state index contributed by atoms with van der Waals surface area (Å²) in [6.45, 7) is 1.98. The highest BCUT2D eigenvalue weighted by atomic mass is 35.5. The molecule has 1 N–H and O–H groups in total. The topological polar surface area (TPSA) is 89.3 Å². The highest BCUT2D eigenvalue weighted by Crippen LogP contribution is 2.27. The van der Waals surface area contributed by atoms with Gasteiger partial charge >= 0.3 is 0 Å². The Morgan fingerprint density at radius 3 is 2.34 bits per heavy atom. The molecule has 0 spiro atoms. The molecule has 0 aliphatic rings. The molecular formula is C22H17ClN2O4. The van der Waals surface area contributed by atoms with Crippen LogP contribution < -0.4 is 5.32 Å². The van der Waals surface area contributed by atoms with Crippen molar-refractivity contribution in [3.05, 3.63) is 104 Å². The van der Waals surface area contributed by atoms with E-state index in [0.717, 1.165) is 18.1 Å². The van der Waals surface area contributed by atoms with E-state index in [-0.39, 0.29) is 27.4 Å². The van der Waals surface area contributed by atoms with Crippen molar-refractivity contribution in [2.45, 2.75) is 13.3 Å². The molecule has 29 heavy (non-hydrogen) atoms. The maximum atomic E-state index is 13.0. The van der Waals surface area contributed by atoms with Gasteiger partial charge in [-0.05, 0) is 36.2 Å². The number of anilines is 1. The van der Waals surface area contributed by atoms with E-state index in [9.17, 15) is 19.7 Å². The third-order valence-electron chi connectivity index (χ3n) is 4.47. The van der Waals surface area contributed by atoms with Gasteiger partial charge in [-0.15, -0.1) is 0 Å². The summed E-state index contributed by atoms with van der Waals surface area (Å²) >= 11 is 5.83. The zero-order valence-corrected chi connectivity index (χ0v) is 16.3. The molecule has 6 nitrogen and oxygen atoms in total. The first-order valence-corrected chi connectivity index (χ1v) is 9.27. The van der Waals surface area contributed by atoms with E-state index in [4.69, 9.17) is 11.6 Å². The molecule has 3 aromatic carbocycles. The first kappa shape index (κ1) is 20.2.